The number of fused-ring (bicyclic) bond motifs is 1. The fourth-order valence-electron chi connectivity index (χ4n) is 2.66. The molecule has 2 aromatic heterocycles. The van der Waals surface area contributed by atoms with Gasteiger partial charge in [-0.3, -0.25) is 4.68 Å². The molecule has 0 amide bonds. The van der Waals surface area contributed by atoms with E-state index < -0.39 is 0 Å². The highest BCUT2D eigenvalue weighted by atomic mass is 15.3. The summed E-state index contributed by atoms with van der Waals surface area (Å²) in [5.74, 6) is 0. The molecule has 0 bridgehead atoms. The van der Waals surface area contributed by atoms with Crippen LogP contribution in [-0.2, 0) is 19.9 Å². The van der Waals surface area contributed by atoms with Crippen LogP contribution in [0.25, 0.3) is 12.2 Å². The normalized spacial score (nSPS) is 14.8. The third kappa shape index (κ3) is 2.30. The Bertz CT molecular complexity index is 625. The van der Waals surface area contributed by atoms with Crippen molar-refractivity contribution in [2.75, 3.05) is 0 Å². The summed E-state index contributed by atoms with van der Waals surface area (Å²) >= 11 is 0. The molecule has 0 N–H and O–H groups in total. The van der Waals surface area contributed by atoms with Gasteiger partial charge in [-0.1, -0.05) is 0 Å². The van der Waals surface area contributed by atoms with Gasteiger partial charge in [0.1, 0.15) is 6.33 Å². The molecule has 2 aromatic rings. The van der Waals surface area contributed by atoms with E-state index in [2.05, 4.69) is 27.2 Å². The second-order valence-electron chi connectivity index (χ2n) is 5.07. The molecule has 0 aliphatic heterocycles. The first-order valence-corrected chi connectivity index (χ1v) is 6.75. The SMILES string of the molecule is Cc1cncnc1/C=C/c1c2c(nn1C)CCCC2. The first kappa shape index (κ1) is 12.1. The van der Waals surface area contributed by atoms with Crippen molar-refractivity contribution in [2.45, 2.75) is 32.6 Å². The van der Waals surface area contributed by atoms with Crippen LogP contribution in [0.3, 0.4) is 0 Å². The van der Waals surface area contributed by atoms with Crippen molar-refractivity contribution in [3.63, 3.8) is 0 Å². The first-order chi connectivity index (χ1) is 9.25. The summed E-state index contributed by atoms with van der Waals surface area (Å²) in [7, 11) is 2.02. The number of hydrogen-bond donors (Lipinski definition) is 0. The molecule has 0 fully saturated rings. The molecule has 4 heteroatoms. The van der Waals surface area contributed by atoms with E-state index in [1.807, 2.05) is 24.9 Å². The van der Waals surface area contributed by atoms with E-state index in [0.29, 0.717) is 0 Å². The minimum absolute atomic E-state index is 0.973. The zero-order valence-corrected chi connectivity index (χ0v) is 11.4. The van der Waals surface area contributed by atoms with Crippen molar-refractivity contribution in [2.24, 2.45) is 7.05 Å². The molecule has 1 aliphatic rings. The quantitative estimate of drug-likeness (QED) is 0.827. The van der Waals surface area contributed by atoms with E-state index in [4.69, 9.17) is 0 Å². The summed E-state index contributed by atoms with van der Waals surface area (Å²) in [6.45, 7) is 2.03. The summed E-state index contributed by atoms with van der Waals surface area (Å²) < 4.78 is 1.99. The Balaban J connectivity index is 1.96. The van der Waals surface area contributed by atoms with E-state index in [1.54, 1.807) is 6.33 Å². The predicted octanol–water partition coefficient (Wildman–Crippen LogP) is 2.57. The molecule has 0 spiro atoms. The van der Waals surface area contributed by atoms with Crippen molar-refractivity contribution in [1.29, 1.82) is 0 Å². The first-order valence-electron chi connectivity index (χ1n) is 6.75. The van der Waals surface area contributed by atoms with Gasteiger partial charge in [0.15, 0.2) is 0 Å². The zero-order valence-electron chi connectivity index (χ0n) is 11.4. The molecule has 0 atom stereocenters. The Hall–Kier alpha value is -1.97. The van der Waals surface area contributed by atoms with Gasteiger partial charge in [0, 0.05) is 18.8 Å². The van der Waals surface area contributed by atoms with Crippen LogP contribution in [-0.4, -0.2) is 19.7 Å². The Labute approximate surface area is 113 Å². The Morgan fingerprint density at radius 3 is 2.89 bits per heavy atom. The lowest BCUT2D eigenvalue weighted by Gasteiger charge is -2.09. The molecule has 2 heterocycles. The Morgan fingerprint density at radius 1 is 1.21 bits per heavy atom. The third-order valence-corrected chi connectivity index (χ3v) is 3.70. The lowest BCUT2D eigenvalue weighted by molar-refractivity contribution is 0.664. The number of aryl methyl sites for hydroxylation is 3. The van der Waals surface area contributed by atoms with Gasteiger partial charge < -0.3 is 0 Å². The lowest BCUT2D eigenvalue weighted by Crippen LogP contribution is -2.01. The predicted molar refractivity (Wildman–Crippen MR) is 75.5 cm³/mol. The number of hydrogen-bond acceptors (Lipinski definition) is 3. The van der Waals surface area contributed by atoms with Gasteiger partial charge in [0.25, 0.3) is 0 Å². The van der Waals surface area contributed by atoms with Crippen LogP contribution >= 0.6 is 0 Å². The van der Waals surface area contributed by atoms with Gasteiger partial charge in [-0.25, -0.2) is 9.97 Å². The van der Waals surface area contributed by atoms with Crippen molar-refractivity contribution in [1.82, 2.24) is 19.7 Å². The second-order valence-corrected chi connectivity index (χ2v) is 5.07. The van der Waals surface area contributed by atoms with Gasteiger partial charge in [-0.2, -0.15) is 5.10 Å². The fourth-order valence-corrected chi connectivity index (χ4v) is 2.66. The molecule has 0 unspecified atom stereocenters. The van der Waals surface area contributed by atoms with E-state index >= 15 is 0 Å². The van der Waals surface area contributed by atoms with Crippen LogP contribution in [0.4, 0.5) is 0 Å². The third-order valence-electron chi connectivity index (χ3n) is 3.70. The highest BCUT2D eigenvalue weighted by Gasteiger charge is 2.17. The van der Waals surface area contributed by atoms with Crippen LogP contribution in [0, 0.1) is 6.92 Å². The van der Waals surface area contributed by atoms with E-state index in [9.17, 15) is 0 Å². The van der Waals surface area contributed by atoms with Crippen molar-refractivity contribution in [3.8, 4) is 0 Å². The Morgan fingerprint density at radius 2 is 2.05 bits per heavy atom. The fraction of sp³-hybridized carbons (Fsp3) is 0.400. The van der Waals surface area contributed by atoms with Crippen LogP contribution in [0.15, 0.2) is 12.5 Å². The maximum atomic E-state index is 4.62. The van der Waals surface area contributed by atoms with E-state index in [-0.39, 0.29) is 0 Å². The van der Waals surface area contributed by atoms with Crippen LogP contribution in [0.2, 0.25) is 0 Å². The molecule has 0 aromatic carbocycles. The summed E-state index contributed by atoms with van der Waals surface area (Å²) in [5, 5.41) is 4.62. The van der Waals surface area contributed by atoms with Crippen molar-refractivity contribution >= 4 is 12.2 Å². The summed E-state index contributed by atoms with van der Waals surface area (Å²) in [5.41, 5.74) is 5.97. The smallest absolute Gasteiger partial charge is 0.116 e. The molecular weight excluding hydrogens is 236 g/mol. The average Bonchev–Trinajstić information content (AvgIpc) is 2.74. The lowest BCUT2D eigenvalue weighted by atomic mass is 9.95. The molecule has 0 saturated heterocycles. The maximum Gasteiger partial charge on any atom is 0.116 e. The summed E-state index contributed by atoms with van der Waals surface area (Å²) in [4.78, 5) is 8.31. The molecule has 1 aliphatic carbocycles. The summed E-state index contributed by atoms with van der Waals surface area (Å²) in [6.07, 6.45) is 12.4. The highest BCUT2D eigenvalue weighted by molar-refractivity contribution is 5.69. The Kier molecular flexibility index (Phi) is 3.15. The molecule has 4 nitrogen and oxygen atoms in total. The highest BCUT2D eigenvalue weighted by Crippen LogP contribution is 2.25. The largest absolute Gasteiger partial charge is 0.268 e. The van der Waals surface area contributed by atoms with Crippen molar-refractivity contribution < 1.29 is 0 Å². The zero-order chi connectivity index (χ0) is 13.2. The van der Waals surface area contributed by atoms with Crippen LogP contribution < -0.4 is 0 Å². The number of nitrogens with zero attached hydrogens (tertiary/aromatic N) is 4. The van der Waals surface area contributed by atoms with Crippen molar-refractivity contribution in [3.05, 3.63) is 40.7 Å². The standard InChI is InChI=1S/C15H18N4/c1-11-9-16-10-17-13(11)7-8-15-12-5-3-4-6-14(12)18-19(15)2/h7-10H,3-6H2,1-2H3/b8-7+. The van der Waals surface area contributed by atoms with Gasteiger partial charge in [0.05, 0.1) is 17.1 Å². The maximum absolute atomic E-state index is 4.62. The summed E-state index contributed by atoms with van der Waals surface area (Å²) in [6, 6.07) is 0. The molecule has 0 saturated carbocycles. The van der Waals surface area contributed by atoms with Gasteiger partial charge >= 0.3 is 0 Å². The minimum Gasteiger partial charge on any atom is -0.268 e. The van der Waals surface area contributed by atoms with Crippen LogP contribution in [0.5, 0.6) is 0 Å². The molecule has 0 radical (unpaired) electrons. The van der Waals surface area contributed by atoms with Gasteiger partial charge in [-0.15, -0.1) is 0 Å². The van der Waals surface area contributed by atoms with E-state index in [0.717, 1.165) is 24.1 Å². The van der Waals surface area contributed by atoms with E-state index in [1.165, 1.54) is 29.8 Å². The van der Waals surface area contributed by atoms with Crippen LogP contribution in [0.1, 0.15) is 41.1 Å². The number of aromatic nitrogens is 4. The topological polar surface area (TPSA) is 43.6 Å². The number of rotatable bonds is 2. The minimum atomic E-state index is 0.973. The van der Waals surface area contributed by atoms with Gasteiger partial charge in [0.2, 0.25) is 0 Å². The monoisotopic (exact) mass is 254 g/mol. The van der Waals surface area contributed by atoms with Gasteiger partial charge in [-0.05, 0) is 50.3 Å². The molecule has 19 heavy (non-hydrogen) atoms. The molecule has 98 valence electrons. The second kappa shape index (κ2) is 4.96. The molecule has 3 rings (SSSR count). The molecular formula is C15H18N4. The average molecular weight is 254 g/mol.